The van der Waals surface area contributed by atoms with Crippen LogP contribution in [0.2, 0.25) is 0 Å². The minimum absolute atomic E-state index is 0. The second-order valence-electron chi connectivity index (χ2n) is 4.82. The van der Waals surface area contributed by atoms with Crippen molar-refractivity contribution in [3.05, 3.63) is 49.1 Å². The molecule has 1 unspecified atom stereocenters. The summed E-state index contributed by atoms with van der Waals surface area (Å²) in [4.78, 5) is 13.2. The van der Waals surface area contributed by atoms with Gasteiger partial charge in [0, 0.05) is 0 Å². The van der Waals surface area contributed by atoms with Crippen molar-refractivity contribution in [2.45, 2.75) is 19.2 Å². The van der Waals surface area contributed by atoms with E-state index in [2.05, 4.69) is 13.2 Å². The molecule has 0 radical (unpaired) electrons. The average Bonchev–Trinajstić information content (AvgIpc) is 2.41. The van der Waals surface area contributed by atoms with Crippen molar-refractivity contribution in [1.82, 2.24) is 0 Å². The molecule has 1 aromatic carbocycles. The smallest absolute Gasteiger partial charge is 1.00 e. The normalized spacial score (nSPS) is 12.2. The summed E-state index contributed by atoms with van der Waals surface area (Å²) in [6.45, 7) is 10.3. The second kappa shape index (κ2) is 8.64. The van der Waals surface area contributed by atoms with Crippen molar-refractivity contribution >= 4 is 27.8 Å². The average molecular weight is 333 g/mol. The van der Waals surface area contributed by atoms with E-state index in [1.807, 2.05) is 0 Å². The van der Waals surface area contributed by atoms with Crippen LogP contribution in [0, 0.1) is 5.92 Å². The van der Waals surface area contributed by atoms with E-state index < -0.39 is 27.3 Å². The summed E-state index contributed by atoms with van der Waals surface area (Å²) in [5, 5.41) is -1.40. The maximum absolute atomic E-state index is 12.2. The number of anilines is 1. The molecule has 22 heavy (non-hydrogen) atoms. The van der Waals surface area contributed by atoms with E-state index in [1.165, 1.54) is 6.08 Å². The van der Waals surface area contributed by atoms with Gasteiger partial charge in [0.25, 0.3) is 16.0 Å². The number of carbonyl (C=O) groups is 1. The van der Waals surface area contributed by atoms with Crippen molar-refractivity contribution in [1.29, 1.82) is 0 Å². The van der Waals surface area contributed by atoms with Gasteiger partial charge in [-0.25, -0.2) is 0 Å². The van der Waals surface area contributed by atoms with E-state index in [0.29, 0.717) is 11.3 Å². The first-order valence-corrected chi connectivity index (χ1v) is 7.87. The van der Waals surface area contributed by atoms with Gasteiger partial charge in [-0.2, -0.15) is 8.42 Å². The Morgan fingerprint density at radius 3 is 2.27 bits per heavy atom. The molecule has 1 N–H and O–H groups in total. The fourth-order valence-corrected chi connectivity index (χ4v) is 3.31. The van der Waals surface area contributed by atoms with Crippen molar-refractivity contribution in [2.24, 2.45) is 5.92 Å². The molecular formula is C15H20NNaO4S. The Labute approximate surface area is 155 Å². The van der Waals surface area contributed by atoms with Gasteiger partial charge in [0.15, 0.2) is 5.37 Å². The maximum atomic E-state index is 12.2. The predicted octanol–water partition coefficient (Wildman–Crippen LogP) is -0.165. The zero-order valence-electron chi connectivity index (χ0n) is 14.1. The molecular weight excluding hydrogens is 313 g/mol. The maximum Gasteiger partial charge on any atom is 1.00 e. The van der Waals surface area contributed by atoms with Crippen LogP contribution in [0.25, 0.3) is 6.08 Å². The van der Waals surface area contributed by atoms with Crippen LogP contribution >= 0.6 is 0 Å². The fourth-order valence-electron chi connectivity index (χ4n) is 2.13. The van der Waals surface area contributed by atoms with Crippen LogP contribution in [0.5, 0.6) is 0 Å². The number of carbonyl (C=O) groups excluding carboxylic acids is 1. The molecule has 5 nitrogen and oxygen atoms in total. The number of nitrogens with zero attached hydrogens (tertiary/aromatic N) is 1. The van der Waals surface area contributed by atoms with Gasteiger partial charge in [0.2, 0.25) is 0 Å². The van der Waals surface area contributed by atoms with E-state index in [-0.39, 0.29) is 31.0 Å². The molecule has 0 saturated heterocycles. The van der Waals surface area contributed by atoms with Gasteiger partial charge in [0.05, 0.1) is 5.69 Å². The van der Waals surface area contributed by atoms with Crippen molar-refractivity contribution in [3.63, 3.8) is 0 Å². The molecule has 116 valence electrons. The summed E-state index contributed by atoms with van der Waals surface area (Å²) in [7, 11) is -4.47. The van der Waals surface area contributed by atoms with Crippen LogP contribution in [-0.2, 0) is 14.9 Å². The summed E-state index contributed by atoms with van der Waals surface area (Å²) in [6, 6.07) is 6.72. The zero-order chi connectivity index (χ0) is 16.2. The van der Waals surface area contributed by atoms with Crippen molar-refractivity contribution < 1.29 is 48.7 Å². The first-order valence-electron chi connectivity index (χ1n) is 6.37. The molecule has 0 aliphatic heterocycles. The molecule has 0 saturated carbocycles. The standard InChI is InChI=1S/C15H19NO4S.Na.H/c1-5-12-9-7-8-10-13(12)16(14(17)6-2)15(11(3)4)21(18,19)20;;/h5-11,15H,1-2H2,3-4H3,(H,18,19,20);;/q;+1;-1. The van der Waals surface area contributed by atoms with Crippen LogP contribution in [-0.4, -0.2) is 24.3 Å². The van der Waals surface area contributed by atoms with E-state index in [0.717, 1.165) is 11.0 Å². The molecule has 7 heteroatoms. The fraction of sp³-hybridized carbons (Fsp3) is 0.267. The Kier molecular flexibility index (Phi) is 8.28. The molecule has 1 aromatic rings. The summed E-state index contributed by atoms with van der Waals surface area (Å²) < 4.78 is 32.9. The Morgan fingerprint density at radius 1 is 1.32 bits per heavy atom. The quantitative estimate of drug-likeness (QED) is 0.446. The van der Waals surface area contributed by atoms with Crippen LogP contribution in [0.15, 0.2) is 43.5 Å². The SMILES string of the molecule is C=CC(=O)N(c1ccccc1C=C)C(C(C)C)S(=O)(=O)O.[H-].[Na+]. The number of amides is 1. The topological polar surface area (TPSA) is 74.7 Å². The van der Waals surface area contributed by atoms with E-state index in [4.69, 9.17) is 0 Å². The molecule has 0 aliphatic rings. The summed E-state index contributed by atoms with van der Waals surface area (Å²) in [5.74, 6) is -1.12. The van der Waals surface area contributed by atoms with Crippen molar-refractivity contribution in [3.8, 4) is 0 Å². The van der Waals surface area contributed by atoms with Gasteiger partial charge >= 0.3 is 29.6 Å². The molecule has 1 atom stereocenters. The Morgan fingerprint density at radius 2 is 1.86 bits per heavy atom. The molecule has 1 amide bonds. The zero-order valence-corrected chi connectivity index (χ0v) is 15.9. The predicted molar refractivity (Wildman–Crippen MR) is 85.5 cm³/mol. The second-order valence-corrected chi connectivity index (χ2v) is 6.34. The third-order valence-electron chi connectivity index (χ3n) is 2.96. The molecule has 0 heterocycles. The van der Waals surface area contributed by atoms with Gasteiger partial charge in [-0.1, -0.05) is 51.3 Å². The van der Waals surface area contributed by atoms with Gasteiger partial charge < -0.3 is 1.43 Å². The Hall–Kier alpha value is -0.920. The molecule has 1 rings (SSSR count). The van der Waals surface area contributed by atoms with Crippen LogP contribution < -0.4 is 34.5 Å². The molecule has 0 aliphatic carbocycles. The third kappa shape index (κ3) is 4.79. The molecule has 0 fully saturated rings. The summed E-state index contributed by atoms with van der Waals surface area (Å²) in [6.07, 6.45) is 2.53. The van der Waals surface area contributed by atoms with Crippen LogP contribution in [0.1, 0.15) is 20.8 Å². The van der Waals surface area contributed by atoms with Crippen molar-refractivity contribution in [2.75, 3.05) is 4.90 Å². The van der Waals surface area contributed by atoms with Crippen LogP contribution in [0.3, 0.4) is 0 Å². The first-order chi connectivity index (χ1) is 9.73. The van der Waals surface area contributed by atoms with E-state index >= 15 is 0 Å². The summed E-state index contributed by atoms with van der Waals surface area (Å²) >= 11 is 0. The minimum atomic E-state index is -4.47. The Balaban J connectivity index is 0. The van der Waals surface area contributed by atoms with Gasteiger partial charge in [-0.05, 0) is 23.6 Å². The monoisotopic (exact) mass is 333 g/mol. The van der Waals surface area contributed by atoms with Gasteiger partial charge in [-0.3, -0.25) is 14.2 Å². The number of hydrogen-bond acceptors (Lipinski definition) is 3. The van der Waals surface area contributed by atoms with E-state index in [1.54, 1.807) is 38.1 Å². The van der Waals surface area contributed by atoms with Gasteiger partial charge in [-0.15, -0.1) is 0 Å². The van der Waals surface area contributed by atoms with Gasteiger partial charge in [0.1, 0.15) is 0 Å². The number of rotatable bonds is 6. The number of para-hydroxylation sites is 1. The number of hydrogen-bond donors (Lipinski definition) is 1. The Bertz CT molecular complexity index is 661. The third-order valence-corrected chi connectivity index (χ3v) is 4.32. The van der Waals surface area contributed by atoms with E-state index in [9.17, 15) is 17.8 Å². The minimum Gasteiger partial charge on any atom is -1.00 e. The first kappa shape index (κ1) is 21.1. The molecule has 0 spiro atoms. The largest absolute Gasteiger partial charge is 1.00 e. The molecule has 0 bridgehead atoms. The molecule has 0 aromatic heterocycles. The van der Waals surface area contributed by atoms with Crippen LogP contribution in [0.4, 0.5) is 5.69 Å². The summed E-state index contributed by atoms with van der Waals surface area (Å²) in [5.41, 5.74) is 0.940. The number of benzene rings is 1.